The van der Waals surface area contributed by atoms with Crippen molar-refractivity contribution in [1.29, 1.82) is 0 Å². The van der Waals surface area contributed by atoms with E-state index in [1.807, 2.05) is 32.9 Å². The van der Waals surface area contributed by atoms with E-state index in [9.17, 15) is 13.2 Å². The van der Waals surface area contributed by atoms with Crippen LogP contribution in [0.3, 0.4) is 0 Å². The Hall–Kier alpha value is -2.60. The summed E-state index contributed by atoms with van der Waals surface area (Å²) < 4.78 is 33.3. The van der Waals surface area contributed by atoms with Crippen LogP contribution in [0.4, 0.5) is 0 Å². The maximum absolute atomic E-state index is 13.1. The van der Waals surface area contributed by atoms with Crippen molar-refractivity contribution in [1.82, 2.24) is 4.57 Å². The van der Waals surface area contributed by atoms with Crippen LogP contribution in [-0.2, 0) is 16.4 Å². The number of hydrogen-bond donors (Lipinski definition) is 0. The number of ether oxygens (including phenoxy) is 1. The topological polar surface area (TPSA) is 65.4 Å². The number of pyridine rings is 1. The molecule has 0 atom stereocenters. The fraction of sp³-hybridized carbons (Fsp3) is 0.250. The van der Waals surface area contributed by atoms with Gasteiger partial charge < -0.3 is 9.30 Å². The van der Waals surface area contributed by atoms with Crippen molar-refractivity contribution in [2.45, 2.75) is 37.1 Å². The highest BCUT2D eigenvalue weighted by Crippen LogP contribution is 2.23. The summed E-state index contributed by atoms with van der Waals surface area (Å²) in [5, 5.41) is 0.416. The fourth-order valence-electron chi connectivity index (χ4n) is 2.95. The van der Waals surface area contributed by atoms with Gasteiger partial charge in [-0.05, 0) is 57.2 Å². The summed E-state index contributed by atoms with van der Waals surface area (Å²) in [6.45, 7) is 6.71. The molecule has 0 aliphatic carbocycles. The molecular formula is C20H21NO4S. The fourth-order valence-corrected chi connectivity index (χ4v) is 4.31. The number of nitrogens with zero attached hydrogens (tertiary/aromatic N) is 1. The Balaban J connectivity index is 2.23. The first-order chi connectivity index (χ1) is 12.4. The van der Waals surface area contributed by atoms with E-state index in [1.54, 1.807) is 22.8 Å². The van der Waals surface area contributed by atoms with E-state index in [1.165, 1.54) is 18.3 Å². The van der Waals surface area contributed by atoms with Gasteiger partial charge in [0.1, 0.15) is 10.6 Å². The van der Waals surface area contributed by atoms with E-state index < -0.39 is 15.3 Å². The van der Waals surface area contributed by atoms with Gasteiger partial charge in [0.25, 0.3) is 0 Å². The Bertz CT molecular complexity index is 1110. The monoisotopic (exact) mass is 371 g/mol. The van der Waals surface area contributed by atoms with Crippen molar-refractivity contribution >= 4 is 20.7 Å². The van der Waals surface area contributed by atoms with Gasteiger partial charge in [-0.1, -0.05) is 11.6 Å². The highest BCUT2D eigenvalue weighted by Gasteiger charge is 2.23. The third-order valence-electron chi connectivity index (χ3n) is 4.28. The van der Waals surface area contributed by atoms with Crippen LogP contribution in [0.1, 0.15) is 19.4 Å². The van der Waals surface area contributed by atoms with Gasteiger partial charge in [-0.2, -0.15) is 0 Å². The molecule has 6 heteroatoms. The lowest BCUT2D eigenvalue weighted by atomic mass is 10.1. The maximum Gasteiger partial charge on any atom is 0.211 e. The smallest absolute Gasteiger partial charge is 0.211 e. The number of sulfone groups is 1. The van der Waals surface area contributed by atoms with Crippen LogP contribution in [-0.4, -0.2) is 19.6 Å². The molecule has 2 aromatic carbocycles. The maximum atomic E-state index is 13.1. The zero-order valence-corrected chi connectivity index (χ0v) is 15.8. The third-order valence-corrected chi connectivity index (χ3v) is 6.04. The normalized spacial score (nSPS) is 11.7. The van der Waals surface area contributed by atoms with Gasteiger partial charge in [0.05, 0.1) is 17.0 Å². The van der Waals surface area contributed by atoms with E-state index in [0.29, 0.717) is 24.3 Å². The van der Waals surface area contributed by atoms with Crippen LogP contribution in [0, 0.1) is 6.92 Å². The minimum absolute atomic E-state index is 0.0766. The third kappa shape index (κ3) is 3.12. The molecule has 0 bridgehead atoms. The molecule has 0 aliphatic heterocycles. The Morgan fingerprint density at radius 2 is 1.73 bits per heavy atom. The molecule has 0 saturated carbocycles. The molecule has 0 unspecified atom stereocenters. The molecule has 0 radical (unpaired) electrons. The molecular weight excluding hydrogens is 350 g/mol. The van der Waals surface area contributed by atoms with Crippen molar-refractivity contribution in [3.05, 3.63) is 64.4 Å². The second kappa shape index (κ2) is 6.96. The Morgan fingerprint density at radius 3 is 2.35 bits per heavy atom. The van der Waals surface area contributed by atoms with Gasteiger partial charge in [-0.15, -0.1) is 0 Å². The summed E-state index contributed by atoms with van der Waals surface area (Å²) in [5.41, 5.74) is 1.17. The summed E-state index contributed by atoms with van der Waals surface area (Å²) >= 11 is 0. The summed E-state index contributed by atoms with van der Waals surface area (Å²) in [6, 6.07) is 11.6. The molecule has 3 rings (SSSR count). The van der Waals surface area contributed by atoms with E-state index >= 15 is 0 Å². The molecule has 26 heavy (non-hydrogen) atoms. The molecule has 0 aliphatic rings. The molecule has 1 aromatic heterocycles. The highest BCUT2D eigenvalue weighted by molar-refractivity contribution is 7.91. The summed E-state index contributed by atoms with van der Waals surface area (Å²) in [5.74, 6) is 0.589. The van der Waals surface area contributed by atoms with Gasteiger partial charge in [-0.3, -0.25) is 4.79 Å². The SMILES string of the molecule is CCOc1ccc(S(=O)(=O)c2cn(CC)c3ccc(C)cc3c2=O)cc1. The van der Waals surface area contributed by atoms with Gasteiger partial charge in [0.15, 0.2) is 0 Å². The predicted octanol–water partition coefficient (Wildman–Crippen LogP) is 3.56. The van der Waals surface area contributed by atoms with Gasteiger partial charge in [0, 0.05) is 18.1 Å². The molecule has 0 amide bonds. The van der Waals surface area contributed by atoms with Gasteiger partial charge >= 0.3 is 0 Å². The van der Waals surface area contributed by atoms with Crippen molar-refractivity contribution in [2.24, 2.45) is 0 Å². The number of rotatable bonds is 5. The second-order valence-corrected chi connectivity index (χ2v) is 7.96. The largest absolute Gasteiger partial charge is 0.494 e. The van der Waals surface area contributed by atoms with E-state index in [2.05, 4.69) is 0 Å². The van der Waals surface area contributed by atoms with Crippen molar-refractivity contribution in [3.63, 3.8) is 0 Å². The number of hydrogen-bond acceptors (Lipinski definition) is 4. The first-order valence-corrected chi connectivity index (χ1v) is 9.98. The van der Waals surface area contributed by atoms with Crippen LogP contribution in [0.15, 0.2) is 63.2 Å². The van der Waals surface area contributed by atoms with Crippen LogP contribution < -0.4 is 10.2 Å². The van der Waals surface area contributed by atoms with Crippen molar-refractivity contribution < 1.29 is 13.2 Å². The standard InChI is InChI=1S/C20H21NO4S/c1-4-21-13-19(20(22)17-12-14(3)6-11-18(17)21)26(23,24)16-9-7-15(8-10-16)25-5-2/h6-13H,4-5H2,1-3H3. The summed E-state index contributed by atoms with van der Waals surface area (Å²) in [7, 11) is -3.93. The van der Waals surface area contributed by atoms with Crippen LogP contribution in [0.5, 0.6) is 5.75 Å². The van der Waals surface area contributed by atoms with Gasteiger partial charge in [-0.25, -0.2) is 8.42 Å². The van der Waals surface area contributed by atoms with E-state index in [0.717, 1.165) is 11.1 Å². The average Bonchev–Trinajstić information content (AvgIpc) is 2.63. The van der Waals surface area contributed by atoms with Crippen molar-refractivity contribution in [3.8, 4) is 5.75 Å². The molecule has 1 heterocycles. The van der Waals surface area contributed by atoms with Crippen LogP contribution >= 0.6 is 0 Å². The van der Waals surface area contributed by atoms with Crippen molar-refractivity contribution in [2.75, 3.05) is 6.61 Å². The Labute approximate surface area is 152 Å². The van der Waals surface area contributed by atoms with E-state index in [4.69, 9.17) is 4.74 Å². The summed E-state index contributed by atoms with van der Waals surface area (Å²) in [4.78, 5) is 12.8. The molecule has 0 saturated heterocycles. The first kappa shape index (κ1) is 18.2. The number of benzene rings is 2. The Kier molecular flexibility index (Phi) is 4.87. The lowest BCUT2D eigenvalue weighted by molar-refractivity contribution is 0.340. The second-order valence-electron chi connectivity index (χ2n) is 6.04. The summed E-state index contributed by atoms with van der Waals surface area (Å²) in [6.07, 6.45) is 1.44. The molecule has 136 valence electrons. The zero-order valence-electron chi connectivity index (χ0n) is 15.0. The highest BCUT2D eigenvalue weighted by atomic mass is 32.2. The Morgan fingerprint density at radius 1 is 1.04 bits per heavy atom. The molecule has 0 fully saturated rings. The molecule has 0 spiro atoms. The van der Waals surface area contributed by atoms with Crippen LogP contribution in [0.2, 0.25) is 0 Å². The number of aryl methyl sites for hydroxylation is 2. The first-order valence-electron chi connectivity index (χ1n) is 8.50. The minimum atomic E-state index is -3.93. The lowest BCUT2D eigenvalue weighted by Gasteiger charge is -2.13. The quantitative estimate of drug-likeness (QED) is 0.688. The zero-order chi connectivity index (χ0) is 18.9. The van der Waals surface area contributed by atoms with Gasteiger partial charge in [0.2, 0.25) is 15.3 Å². The number of fused-ring (bicyclic) bond motifs is 1. The lowest BCUT2D eigenvalue weighted by Crippen LogP contribution is -2.19. The minimum Gasteiger partial charge on any atom is -0.494 e. The molecule has 3 aromatic rings. The predicted molar refractivity (Wildman–Crippen MR) is 102 cm³/mol. The molecule has 0 N–H and O–H groups in total. The van der Waals surface area contributed by atoms with E-state index in [-0.39, 0.29) is 9.79 Å². The average molecular weight is 371 g/mol. The number of aromatic nitrogens is 1. The van der Waals surface area contributed by atoms with Crippen LogP contribution in [0.25, 0.3) is 10.9 Å². The molecule has 5 nitrogen and oxygen atoms in total.